The van der Waals surface area contributed by atoms with Gasteiger partial charge < -0.3 is 14.7 Å². The molecule has 1 aliphatic rings. The van der Waals surface area contributed by atoms with Gasteiger partial charge in [0.15, 0.2) is 0 Å². The van der Waals surface area contributed by atoms with Gasteiger partial charge in [0.2, 0.25) is 8.03 Å². The molecule has 1 atom stereocenters. The maximum atomic E-state index is 10.4. The molecule has 0 aromatic heterocycles. The van der Waals surface area contributed by atoms with Gasteiger partial charge in [-0.3, -0.25) is 4.57 Å². The molecule has 0 radical (unpaired) electrons. The molecule has 0 saturated carbocycles. The summed E-state index contributed by atoms with van der Waals surface area (Å²) in [6.45, 7) is 4.50. The highest BCUT2D eigenvalue weighted by Gasteiger charge is 2.05. The summed E-state index contributed by atoms with van der Waals surface area (Å²) in [7, 11) is -0.363. The van der Waals surface area contributed by atoms with Crippen LogP contribution in [0.3, 0.4) is 0 Å². The number of hydrogen-bond acceptors (Lipinski definition) is 3. The summed E-state index contributed by atoms with van der Waals surface area (Å²) in [4.78, 5) is 13.1. The normalized spacial score (nSPS) is 15.1. The van der Waals surface area contributed by atoms with Crippen molar-refractivity contribution in [2.24, 2.45) is 0 Å². The summed E-state index contributed by atoms with van der Waals surface area (Å²) in [6, 6.07) is 8.58. The molecule has 4 nitrogen and oxygen atoms in total. The molecule has 0 aliphatic carbocycles. The molecule has 0 bridgehead atoms. The lowest BCUT2D eigenvalue weighted by molar-refractivity contribution is 0.293. The van der Waals surface area contributed by atoms with E-state index in [0.29, 0.717) is 5.30 Å². The van der Waals surface area contributed by atoms with Crippen molar-refractivity contribution in [2.75, 3.05) is 20.3 Å². The van der Waals surface area contributed by atoms with E-state index in [1.165, 1.54) is 19.4 Å². The van der Waals surface area contributed by atoms with Crippen LogP contribution in [-0.4, -0.2) is 35.0 Å². The van der Waals surface area contributed by atoms with E-state index in [4.69, 9.17) is 4.89 Å². The number of rotatable bonds is 4. The zero-order chi connectivity index (χ0) is 14.1. The second-order valence-electron chi connectivity index (χ2n) is 4.53. The fourth-order valence-corrected chi connectivity index (χ4v) is 2.15. The molecular weight excluding hydrogens is 259 g/mol. The van der Waals surface area contributed by atoms with E-state index < -0.39 is 8.03 Å². The molecule has 106 valence electrons. The summed E-state index contributed by atoms with van der Waals surface area (Å²) in [5, 5.41) is 0.516. The maximum absolute atomic E-state index is 10.4. The van der Waals surface area contributed by atoms with Gasteiger partial charge in [0.1, 0.15) is 0 Å². The first-order valence-electron chi connectivity index (χ1n) is 6.54. The van der Waals surface area contributed by atoms with Crippen LogP contribution in [-0.2, 0) is 4.57 Å². The van der Waals surface area contributed by atoms with Crippen molar-refractivity contribution in [3.8, 4) is 0 Å². The van der Waals surface area contributed by atoms with Crippen LogP contribution in [0.2, 0.25) is 0 Å². The smallest absolute Gasteiger partial charge is 0.218 e. The molecule has 0 amide bonds. The molecule has 1 aromatic carbocycles. The van der Waals surface area contributed by atoms with Gasteiger partial charge in [-0.15, -0.1) is 0 Å². The molecule has 0 fully saturated rings. The van der Waals surface area contributed by atoms with Crippen LogP contribution < -0.4 is 5.30 Å². The third-order valence-corrected chi connectivity index (χ3v) is 3.58. The number of hydrogen-bond donors (Lipinski definition) is 1. The van der Waals surface area contributed by atoms with Gasteiger partial charge in [0, 0.05) is 31.3 Å². The van der Waals surface area contributed by atoms with Crippen molar-refractivity contribution in [1.82, 2.24) is 9.80 Å². The fourth-order valence-electron chi connectivity index (χ4n) is 1.68. The first kappa shape index (κ1) is 15.8. The van der Waals surface area contributed by atoms with Gasteiger partial charge in [-0.05, 0) is 18.6 Å². The van der Waals surface area contributed by atoms with Crippen molar-refractivity contribution in [3.63, 3.8) is 0 Å². The lowest BCUT2D eigenvalue weighted by Crippen LogP contribution is -2.23. The maximum Gasteiger partial charge on any atom is 0.218 e. The highest BCUT2D eigenvalue weighted by molar-refractivity contribution is 7.47. The van der Waals surface area contributed by atoms with Crippen LogP contribution in [0.4, 0.5) is 0 Å². The van der Waals surface area contributed by atoms with Gasteiger partial charge >= 0.3 is 0 Å². The van der Waals surface area contributed by atoms with E-state index in [2.05, 4.69) is 36.2 Å². The van der Waals surface area contributed by atoms with E-state index in [0.717, 1.165) is 6.67 Å². The quantitative estimate of drug-likeness (QED) is 0.860. The first-order valence-corrected chi connectivity index (χ1v) is 7.90. The van der Waals surface area contributed by atoms with Gasteiger partial charge in [0.25, 0.3) is 0 Å². The minimum Gasteiger partial charge on any atom is -0.362 e. The van der Waals surface area contributed by atoms with E-state index in [1.54, 1.807) is 24.3 Å². The molecule has 0 saturated heterocycles. The minimum atomic E-state index is -2.46. The second-order valence-corrected chi connectivity index (χ2v) is 5.72. The van der Waals surface area contributed by atoms with Crippen LogP contribution in [0.1, 0.15) is 19.8 Å². The Hall–Kier alpha value is -1.25. The second kappa shape index (κ2) is 8.78. The first-order chi connectivity index (χ1) is 9.13. The van der Waals surface area contributed by atoms with E-state index in [1.807, 2.05) is 6.07 Å². The lowest BCUT2D eigenvalue weighted by atomic mass is 10.3. The van der Waals surface area contributed by atoms with Gasteiger partial charge in [-0.1, -0.05) is 31.5 Å². The highest BCUT2D eigenvalue weighted by atomic mass is 31.1. The number of benzene rings is 1. The third-order valence-electron chi connectivity index (χ3n) is 2.76. The fraction of sp³-hybridized carbons (Fsp3) is 0.429. The Morgan fingerprint density at radius 1 is 1.26 bits per heavy atom. The van der Waals surface area contributed by atoms with Gasteiger partial charge in [-0.25, -0.2) is 0 Å². The van der Waals surface area contributed by atoms with Crippen LogP contribution >= 0.6 is 8.03 Å². The van der Waals surface area contributed by atoms with Crippen LogP contribution in [0.15, 0.2) is 42.7 Å². The molecule has 1 unspecified atom stereocenters. The van der Waals surface area contributed by atoms with Gasteiger partial charge in [0.05, 0.1) is 6.67 Å². The van der Waals surface area contributed by atoms with Gasteiger partial charge in [-0.2, -0.15) is 0 Å². The van der Waals surface area contributed by atoms with Crippen molar-refractivity contribution in [3.05, 3.63) is 42.7 Å². The molecule has 1 aliphatic heterocycles. The van der Waals surface area contributed by atoms with Crippen molar-refractivity contribution >= 4 is 13.3 Å². The lowest BCUT2D eigenvalue weighted by Gasteiger charge is -2.17. The minimum absolute atomic E-state index is 0.516. The zero-order valence-corrected chi connectivity index (χ0v) is 12.6. The Balaban J connectivity index is 0.000000191. The Labute approximate surface area is 116 Å². The molecule has 1 aromatic rings. The average molecular weight is 282 g/mol. The van der Waals surface area contributed by atoms with Crippen LogP contribution in [0.25, 0.3) is 0 Å². The van der Waals surface area contributed by atoms with E-state index in [9.17, 15) is 4.57 Å². The number of unbranched alkanes of at least 4 members (excludes halogenated alkanes) is 1. The SMILES string of the molecule is CCCCN1C=CN(C)C1.O=[PH](O)c1ccccc1. The highest BCUT2D eigenvalue weighted by Crippen LogP contribution is 2.10. The summed E-state index contributed by atoms with van der Waals surface area (Å²) >= 11 is 0. The molecule has 5 heteroatoms. The molecule has 1 heterocycles. The monoisotopic (exact) mass is 282 g/mol. The van der Waals surface area contributed by atoms with Crippen molar-refractivity contribution < 1.29 is 9.46 Å². The summed E-state index contributed by atoms with van der Waals surface area (Å²) < 4.78 is 10.4. The standard InChI is InChI=1S/C8H16N2.C6H7O2P/c1-3-4-5-10-7-6-9(2)8-10;7-9(8)6-4-2-1-3-5-6/h6-7H,3-5,8H2,1-2H3;1-5,9H,(H,7,8). The molecular formula is C14H23N2O2P. The van der Waals surface area contributed by atoms with Crippen molar-refractivity contribution in [2.45, 2.75) is 19.8 Å². The van der Waals surface area contributed by atoms with Crippen molar-refractivity contribution in [1.29, 1.82) is 0 Å². The molecule has 0 spiro atoms. The Bertz CT molecular complexity index is 409. The van der Waals surface area contributed by atoms with Crippen LogP contribution in [0, 0.1) is 0 Å². The third kappa shape index (κ3) is 6.46. The molecule has 1 N–H and O–H groups in total. The van der Waals surface area contributed by atoms with Crippen LogP contribution in [0.5, 0.6) is 0 Å². The molecule has 19 heavy (non-hydrogen) atoms. The topological polar surface area (TPSA) is 43.8 Å². The predicted molar refractivity (Wildman–Crippen MR) is 80.7 cm³/mol. The Kier molecular flexibility index (Phi) is 7.31. The Morgan fingerprint density at radius 2 is 1.95 bits per heavy atom. The van der Waals surface area contributed by atoms with E-state index >= 15 is 0 Å². The summed E-state index contributed by atoms with van der Waals surface area (Å²) in [5.41, 5.74) is 0. The summed E-state index contributed by atoms with van der Waals surface area (Å²) in [6.07, 6.45) is 6.87. The Morgan fingerprint density at radius 3 is 2.37 bits per heavy atom. The average Bonchev–Trinajstić information content (AvgIpc) is 2.84. The molecule has 2 rings (SSSR count). The zero-order valence-electron chi connectivity index (χ0n) is 11.6. The summed E-state index contributed by atoms with van der Waals surface area (Å²) in [5.74, 6) is 0. The predicted octanol–water partition coefficient (Wildman–Crippen LogP) is 2.24. The number of nitrogens with zero attached hydrogens (tertiary/aromatic N) is 2. The largest absolute Gasteiger partial charge is 0.362 e. The van der Waals surface area contributed by atoms with E-state index in [-0.39, 0.29) is 0 Å².